The highest BCUT2D eigenvalue weighted by atomic mass is 16.1. The summed E-state index contributed by atoms with van der Waals surface area (Å²) in [5.74, 6) is 0.522. The van der Waals surface area contributed by atoms with Gasteiger partial charge in [-0.1, -0.05) is 0 Å². The van der Waals surface area contributed by atoms with Crippen LogP contribution in [0.3, 0.4) is 0 Å². The van der Waals surface area contributed by atoms with E-state index in [2.05, 4.69) is 59.1 Å². The highest BCUT2D eigenvalue weighted by molar-refractivity contribution is 5.78. The maximum absolute atomic E-state index is 11.2. The molecular weight excluding hydrogens is 238 g/mol. The van der Waals surface area contributed by atoms with Gasteiger partial charge >= 0.3 is 0 Å². The third kappa shape index (κ3) is 8.89. The summed E-state index contributed by atoms with van der Waals surface area (Å²) < 4.78 is 0. The lowest BCUT2D eigenvalue weighted by atomic mass is 9.79. The van der Waals surface area contributed by atoms with Crippen molar-refractivity contribution in [1.29, 1.82) is 0 Å². The van der Waals surface area contributed by atoms with Gasteiger partial charge in [-0.25, -0.2) is 0 Å². The van der Waals surface area contributed by atoms with Crippen LogP contribution < -0.4 is 16.4 Å². The molecule has 0 saturated carbocycles. The zero-order valence-corrected chi connectivity index (χ0v) is 13.5. The predicted molar refractivity (Wildman–Crippen MR) is 81.7 cm³/mol. The monoisotopic (exact) mass is 270 g/mol. The van der Waals surface area contributed by atoms with Gasteiger partial charge in [-0.05, 0) is 54.4 Å². The first-order valence-electron chi connectivity index (χ1n) is 7.09. The number of nitrogens with one attached hydrogen (secondary N) is 2. The lowest BCUT2D eigenvalue weighted by molar-refractivity contribution is -0.120. The predicted octanol–water partition coefficient (Wildman–Crippen LogP) is 1.85. The van der Waals surface area contributed by atoms with Crippen LogP contribution in [0.5, 0.6) is 0 Å². The summed E-state index contributed by atoms with van der Waals surface area (Å²) in [6.45, 7) is 16.5. The molecule has 1 aliphatic rings. The third-order valence-electron chi connectivity index (χ3n) is 2.74. The van der Waals surface area contributed by atoms with Crippen LogP contribution in [-0.2, 0) is 4.79 Å². The molecule has 0 atom stereocenters. The van der Waals surface area contributed by atoms with Crippen molar-refractivity contribution in [3.8, 4) is 0 Å². The van der Waals surface area contributed by atoms with Crippen LogP contribution in [0.4, 0.5) is 0 Å². The molecule has 112 valence electrons. The van der Waals surface area contributed by atoms with E-state index in [4.69, 9.17) is 5.73 Å². The Morgan fingerprint density at radius 3 is 2.00 bits per heavy atom. The minimum atomic E-state index is -0.0616. The van der Waals surface area contributed by atoms with E-state index in [1.54, 1.807) is 0 Å². The standard InChI is InChI=1S/C11H23N3O.C4H9/c1-10(2)5-8(13-9(15)7-12)6-11(3,4)14-10;1-4(2)3/h8,14H,5-7,12H2,1-4H3,(H,13,15);4H,1H2,2-3H3/q;+1. The fourth-order valence-electron chi connectivity index (χ4n) is 2.71. The zero-order chi connectivity index (χ0) is 15.3. The summed E-state index contributed by atoms with van der Waals surface area (Å²) in [5.41, 5.74) is 5.42. The van der Waals surface area contributed by atoms with E-state index in [0.29, 0.717) is 5.92 Å². The Hall–Kier alpha value is -0.740. The van der Waals surface area contributed by atoms with Crippen LogP contribution in [0.1, 0.15) is 54.4 Å². The average Bonchev–Trinajstić information content (AvgIpc) is 2.10. The molecule has 0 unspecified atom stereocenters. The second-order valence-electron chi connectivity index (χ2n) is 7.16. The maximum Gasteiger partial charge on any atom is 0.233 e. The van der Waals surface area contributed by atoms with Gasteiger partial charge in [-0.2, -0.15) is 0 Å². The van der Waals surface area contributed by atoms with Crippen molar-refractivity contribution >= 4 is 5.91 Å². The van der Waals surface area contributed by atoms with Gasteiger partial charge in [0, 0.05) is 17.1 Å². The molecule has 4 nitrogen and oxygen atoms in total. The van der Waals surface area contributed by atoms with Gasteiger partial charge in [0.1, 0.15) is 0 Å². The van der Waals surface area contributed by atoms with E-state index >= 15 is 0 Å². The molecule has 0 aromatic heterocycles. The minimum absolute atomic E-state index is 0.0616. The molecule has 4 N–H and O–H groups in total. The molecule has 0 spiro atoms. The number of nitrogens with two attached hydrogens (primary N) is 1. The van der Waals surface area contributed by atoms with Gasteiger partial charge in [-0.15, -0.1) is 0 Å². The molecule has 1 rings (SSSR count). The molecule has 0 aromatic rings. The minimum Gasteiger partial charge on any atom is -0.352 e. The summed E-state index contributed by atoms with van der Waals surface area (Å²) in [6.07, 6.45) is 1.89. The van der Waals surface area contributed by atoms with Crippen molar-refractivity contribution in [3.05, 3.63) is 6.92 Å². The van der Waals surface area contributed by atoms with E-state index in [-0.39, 0.29) is 29.6 Å². The molecular formula is C15H32N3O+. The van der Waals surface area contributed by atoms with Crippen LogP contribution in [-0.4, -0.2) is 29.6 Å². The Morgan fingerprint density at radius 2 is 1.68 bits per heavy atom. The van der Waals surface area contributed by atoms with Crippen LogP contribution in [0.2, 0.25) is 0 Å². The van der Waals surface area contributed by atoms with Crippen LogP contribution in [0, 0.1) is 12.8 Å². The number of carbonyl (C=O) groups excluding carboxylic acids is 1. The topological polar surface area (TPSA) is 67.2 Å². The lowest BCUT2D eigenvalue weighted by Gasteiger charge is -2.46. The van der Waals surface area contributed by atoms with Gasteiger partial charge in [0.2, 0.25) is 5.91 Å². The van der Waals surface area contributed by atoms with Crippen molar-refractivity contribution in [1.82, 2.24) is 10.6 Å². The molecule has 0 radical (unpaired) electrons. The number of piperidine rings is 1. The van der Waals surface area contributed by atoms with Gasteiger partial charge in [-0.3, -0.25) is 4.79 Å². The SMILES string of the molecule is CC1(C)CC(NC(=O)CN)CC(C)(C)N1.[CH2+]C(C)C. The first-order valence-corrected chi connectivity index (χ1v) is 7.09. The molecule has 1 amide bonds. The van der Waals surface area contributed by atoms with Crippen LogP contribution in [0.25, 0.3) is 0 Å². The quantitative estimate of drug-likeness (QED) is 0.671. The van der Waals surface area contributed by atoms with E-state index in [9.17, 15) is 4.79 Å². The fraction of sp³-hybridized carbons (Fsp3) is 0.867. The first-order chi connectivity index (χ1) is 8.47. The molecule has 19 heavy (non-hydrogen) atoms. The third-order valence-corrected chi connectivity index (χ3v) is 2.74. The van der Waals surface area contributed by atoms with Crippen molar-refractivity contribution in [2.45, 2.75) is 71.5 Å². The highest BCUT2D eigenvalue weighted by Gasteiger charge is 2.37. The van der Waals surface area contributed by atoms with Crippen LogP contribution in [0.15, 0.2) is 0 Å². The fourth-order valence-corrected chi connectivity index (χ4v) is 2.71. The second-order valence-corrected chi connectivity index (χ2v) is 7.16. The summed E-state index contributed by atoms with van der Waals surface area (Å²) in [4.78, 5) is 11.2. The Kier molecular flexibility index (Phi) is 6.87. The summed E-state index contributed by atoms with van der Waals surface area (Å²) in [7, 11) is 0. The zero-order valence-electron chi connectivity index (χ0n) is 13.5. The normalized spacial score (nSPS) is 21.5. The maximum atomic E-state index is 11.2. The van der Waals surface area contributed by atoms with Crippen molar-refractivity contribution < 1.29 is 4.79 Å². The Morgan fingerprint density at radius 1 is 1.32 bits per heavy atom. The number of rotatable bonds is 2. The molecule has 1 fully saturated rings. The number of carbonyl (C=O) groups is 1. The molecule has 1 aliphatic heterocycles. The largest absolute Gasteiger partial charge is 0.352 e. The highest BCUT2D eigenvalue weighted by Crippen LogP contribution is 2.28. The molecule has 0 bridgehead atoms. The smallest absolute Gasteiger partial charge is 0.233 e. The van der Waals surface area contributed by atoms with Gasteiger partial charge in [0.15, 0.2) is 0 Å². The molecule has 0 aliphatic carbocycles. The Bertz CT molecular complexity index is 266. The van der Waals surface area contributed by atoms with E-state index < -0.39 is 0 Å². The Labute approximate surface area is 118 Å². The first kappa shape index (κ1) is 18.3. The number of hydrogen-bond donors (Lipinski definition) is 3. The molecule has 0 aromatic carbocycles. The Balaban J connectivity index is 0.000000711. The van der Waals surface area contributed by atoms with Crippen molar-refractivity contribution in [2.75, 3.05) is 6.54 Å². The summed E-state index contributed by atoms with van der Waals surface area (Å²) in [6, 6.07) is 0.229. The van der Waals surface area contributed by atoms with E-state index in [1.165, 1.54) is 0 Å². The van der Waals surface area contributed by atoms with Gasteiger partial charge in [0.25, 0.3) is 0 Å². The molecule has 4 heteroatoms. The second kappa shape index (κ2) is 7.15. The van der Waals surface area contributed by atoms with Crippen LogP contribution >= 0.6 is 0 Å². The number of amides is 1. The molecule has 1 saturated heterocycles. The summed E-state index contributed by atoms with van der Waals surface area (Å²) >= 11 is 0. The van der Waals surface area contributed by atoms with E-state index in [0.717, 1.165) is 12.8 Å². The van der Waals surface area contributed by atoms with Gasteiger partial charge < -0.3 is 16.4 Å². The number of hydrogen-bond acceptors (Lipinski definition) is 3. The average molecular weight is 270 g/mol. The van der Waals surface area contributed by atoms with Crippen molar-refractivity contribution in [2.24, 2.45) is 11.7 Å². The van der Waals surface area contributed by atoms with Crippen molar-refractivity contribution in [3.63, 3.8) is 0 Å². The summed E-state index contributed by atoms with van der Waals surface area (Å²) in [5, 5.41) is 6.55. The van der Waals surface area contributed by atoms with Gasteiger partial charge in [0.05, 0.1) is 19.4 Å². The molecule has 1 heterocycles. The van der Waals surface area contributed by atoms with E-state index in [1.807, 2.05) is 0 Å². The lowest BCUT2D eigenvalue weighted by Crippen LogP contribution is -2.62.